The van der Waals surface area contributed by atoms with Gasteiger partial charge in [-0.25, -0.2) is 4.68 Å². The van der Waals surface area contributed by atoms with Gasteiger partial charge in [0.25, 0.3) is 0 Å². The molecule has 2 aromatic heterocycles. The van der Waals surface area contributed by atoms with Gasteiger partial charge in [0.05, 0.1) is 18.4 Å². The SMILES string of the molecule is C=CCOC1CCN(c2ccc(-n3ccc(C)n3)nn2)C1. The molecule has 0 aliphatic carbocycles. The number of anilines is 1. The average molecular weight is 285 g/mol. The van der Waals surface area contributed by atoms with E-state index >= 15 is 0 Å². The summed E-state index contributed by atoms with van der Waals surface area (Å²) >= 11 is 0. The van der Waals surface area contributed by atoms with Gasteiger partial charge in [-0.1, -0.05) is 6.08 Å². The minimum absolute atomic E-state index is 0.248. The Hall–Kier alpha value is -2.21. The Balaban J connectivity index is 1.66. The van der Waals surface area contributed by atoms with Crippen molar-refractivity contribution in [1.29, 1.82) is 0 Å². The van der Waals surface area contributed by atoms with Gasteiger partial charge in [-0.05, 0) is 31.5 Å². The second-order valence-electron chi connectivity index (χ2n) is 5.13. The van der Waals surface area contributed by atoms with Crippen molar-refractivity contribution in [2.75, 3.05) is 24.6 Å². The number of hydrogen-bond acceptors (Lipinski definition) is 5. The molecule has 1 saturated heterocycles. The first kappa shape index (κ1) is 13.8. The first-order chi connectivity index (χ1) is 10.3. The molecule has 1 unspecified atom stereocenters. The molecule has 3 rings (SSSR count). The smallest absolute Gasteiger partial charge is 0.175 e. The highest BCUT2D eigenvalue weighted by Crippen LogP contribution is 2.19. The van der Waals surface area contributed by atoms with Crippen LogP contribution in [0, 0.1) is 6.92 Å². The van der Waals surface area contributed by atoms with Crippen LogP contribution in [0.25, 0.3) is 5.82 Å². The maximum absolute atomic E-state index is 5.68. The fraction of sp³-hybridized carbons (Fsp3) is 0.400. The highest BCUT2D eigenvalue weighted by atomic mass is 16.5. The maximum Gasteiger partial charge on any atom is 0.175 e. The van der Waals surface area contributed by atoms with E-state index in [1.165, 1.54) is 0 Å². The summed E-state index contributed by atoms with van der Waals surface area (Å²) in [4.78, 5) is 2.19. The van der Waals surface area contributed by atoms with E-state index in [1.807, 2.05) is 31.3 Å². The Morgan fingerprint density at radius 3 is 2.81 bits per heavy atom. The van der Waals surface area contributed by atoms with E-state index in [0.29, 0.717) is 6.61 Å². The summed E-state index contributed by atoms with van der Waals surface area (Å²) in [6, 6.07) is 5.86. The summed E-state index contributed by atoms with van der Waals surface area (Å²) < 4.78 is 7.41. The van der Waals surface area contributed by atoms with Gasteiger partial charge in [-0.2, -0.15) is 5.10 Å². The molecular weight excluding hydrogens is 266 g/mol. The molecule has 0 bridgehead atoms. The lowest BCUT2D eigenvalue weighted by molar-refractivity contribution is 0.0909. The fourth-order valence-electron chi connectivity index (χ4n) is 2.43. The molecule has 0 saturated carbocycles. The Kier molecular flexibility index (Phi) is 3.96. The molecule has 21 heavy (non-hydrogen) atoms. The van der Waals surface area contributed by atoms with Crippen LogP contribution < -0.4 is 4.90 Å². The molecule has 0 aromatic carbocycles. The minimum Gasteiger partial charge on any atom is -0.372 e. The zero-order valence-electron chi connectivity index (χ0n) is 12.1. The van der Waals surface area contributed by atoms with Crippen LogP contribution in [0.4, 0.5) is 5.82 Å². The molecule has 3 heterocycles. The van der Waals surface area contributed by atoms with E-state index < -0.39 is 0 Å². The molecule has 0 N–H and O–H groups in total. The number of hydrogen-bond donors (Lipinski definition) is 0. The fourth-order valence-corrected chi connectivity index (χ4v) is 2.43. The summed E-state index contributed by atoms with van der Waals surface area (Å²) in [7, 11) is 0. The molecule has 1 atom stereocenters. The van der Waals surface area contributed by atoms with Gasteiger partial charge in [0.15, 0.2) is 11.6 Å². The molecule has 6 heteroatoms. The van der Waals surface area contributed by atoms with Crippen molar-refractivity contribution in [1.82, 2.24) is 20.0 Å². The van der Waals surface area contributed by atoms with Crippen LogP contribution in [0.5, 0.6) is 0 Å². The molecule has 110 valence electrons. The Labute approximate surface area is 124 Å². The predicted octanol–water partition coefficient (Wildman–Crippen LogP) is 1.75. The standard InChI is InChI=1S/C15H19N5O/c1-3-10-21-13-7-8-19(11-13)14-4-5-15(17-16-14)20-9-6-12(2)18-20/h3-6,9,13H,1,7-8,10-11H2,2H3. The zero-order valence-corrected chi connectivity index (χ0v) is 12.1. The summed E-state index contributed by atoms with van der Waals surface area (Å²) in [6.45, 7) is 8.01. The normalized spacial score (nSPS) is 18.1. The second-order valence-corrected chi connectivity index (χ2v) is 5.13. The highest BCUT2D eigenvalue weighted by molar-refractivity contribution is 5.41. The molecule has 0 radical (unpaired) electrons. The number of aromatic nitrogens is 4. The van der Waals surface area contributed by atoms with Crippen LogP contribution in [0.15, 0.2) is 37.1 Å². The van der Waals surface area contributed by atoms with E-state index in [1.54, 1.807) is 10.8 Å². The molecule has 1 aliphatic rings. The third-order valence-corrected chi connectivity index (χ3v) is 3.51. The molecule has 0 amide bonds. The van der Waals surface area contributed by atoms with Crippen LogP contribution in [-0.2, 0) is 4.74 Å². The number of nitrogens with zero attached hydrogens (tertiary/aromatic N) is 5. The lowest BCUT2D eigenvalue weighted by Crippen LogP contribution is -2.24. The zero-order chi connectivity index (χ0) is 14.7. The van der Waals surface area contributed by atoms with Gasteiger partial charge in [-0.3, -0.25) is 0 Å². The highest BCUT2D eigenvalue weighted by Gasteiger charge is 2.24. The summed E-state index contributed by atoms with van der Waals surface area (Å²) in [5, 5.41) is 12.9. The van der Waals surface area contributed by atoms with Crippen LogP contribution >= 0.6 is 0 Å². The molecule has 2 aromatic rings. The number of rotatable bonds is 5. The van der Waals surface area contributed by atoms with Crippen molar-refractivity contribution in [3.8, 4) is 5.82 Å². The topological polar surface area (TPSA) is 56.1 Å². The van der Waals surface area contributed by atoms with E-state index in [0.717, 1.165) is 36.8 Å². The van der Waals surface area contributed by atoms with Crippen molar-refractivity contribution in [3.05, 3.63) is 42.7 Å². The predicted molar refractivity (Wildman–Crippen MR) is 80.7 cm³/mol. The second kappa shape index (κ2) is 6.05. The van der Waals surface area contributed by atoms with Gasteiger partial charge >= 0.3 is 0 Å². The Morgan fingerprint density at radius 2 is 2.14 bits per heavy atom. The quantitative estimate of drug-likeness (QED) is 0.783. The third-order valence-electron chi connectivity index (χ3n) is 3.51. The van der Waals surface area contributed by atoms with Crippen molar-refractivity contribution in [2.24, 2.45) is 0 Å². The van der Waals surface area contributed by atoms with Crippen LogP contribution in [-0.4, -0.2) is 45.8 Å². The molecule has 1 aliphatic heterocycles. The number of ether oxygens (including phenoxy) is 1. The van der Waals surface area contributed by atoms with Gasteiger partial charge < -0.3 is 9.64 Å². The monoisotopic (exact) mass is 285 g/mol. The van der Waals surface area contributed by atoms with Crippen molar-refractivity contribution < 1.29 is 4.74 Å². The lowest BCUT2D eigenvalue weighted by Gasteiger charge is -2.16. The van der Waals surface area contributed by atoms with Crippen molar-refractivity contribution in [3.63, 3.8) is 0 Å². The van der Waals surface area contributed by atoms with Crippen LogP contribution in [0.2, 0.25) is 0 Å². The lowest BCUT2D eigenvalue weighted by atomic mass is 10.3. The third kappa shape index (κ3) is 3.11. The van der Waals surface area contributed by atoms with E-state index in [2.05, 4.69) is 26.8 Å². The molecule has 1 fully saturated rings. The van der Waals surface area contributed by atoms with E-state index in [4.69, 9.17) is 4.74 Å². The largest absolute Gasteiger partial charge is 0.372 e. The summed E-state index contributed by atoms with van der Waals surface area (Å²) in [5.74, 6) is 1.61. The summed E-state index contributed by atoms with van der Waals surface area (Å²) in [5.41, 5.74) is 0.961. The molecular formula is C15H19N5O. The first-order valence-corrected chi connectivity index (χ1v) is 7.10. The van der Waals surface area contributed by atoms with Crippen LogP contribution in [0.3, 0.4) is 0 Å². The van der Waals surface area contributed by atoms with Gasteiger partial charge in [0, 0.05) is 19.3 Å². The van der Waals surface area contributed by atoms with Crippen molar-refractivity contribution >= 4 is 5.82 Å². The minimum atomic E-state index is 0.248. The van der Waals surface area contributed by atoms with Gasteiger partial charge in [0.2, 0.25) is 0 Å². The van der Waals surface area contributed by atoms with E-state index in [-0.39, 0.29) is 6.10 Å². The summed E-state index contributed by atoms with van der Waals surface area (Å²) in [6.07, 6.45) is 4.92. The van der Waals surface area contributed by atoms with E-state index in [9.17, 15) is 0 Å². The number of aryl methyl sites for hydroxylation is 1. The average Bonchev–Trinajstić information content (AvgIpc) is 3.14. The van der Waals surface area contributed by atoms with Gasteiger partial charge in [0.1, 0.15) is 0 Å². The molecule has 0 spiro atoms. The Bertz CT molecular complexity index is 607. The van der Waals surface area contributed by atoms with Crippen molar-refractivity contribution in [2.45, 2.75) is 19.4 Å². The van der Waals surface area contributed by atoms with Gasteiger partial charge in [-0.15, -0.1) is 16.8 Å². The Morgan fingerprint density at radius 1 is 1.33 bits per heavy atom. The maximum atomic E-state index is 5.68. The first-order valence-electron chi connectivity index (χ1n) is 7.10. The molecule has 6 nitrogen and oxygen atoms in total. The van der Waals surface area contributed by atoms with Crippen LogP contribution in [0.1, 0.15) is 12.1 Å².